The summed E-state index contributed by atoms with van der Waals surface area (Å²) in [5.74, 6) is 0.694. The van der Waals surface area contributed by atoms with Crippen LogP contribution in [0.2, 0.25) is 0 Å². The predicted octanol–water partition coefficient (Wildman–Crippen LogP) is 3.65. The van der Waals surface area contributed by atoms with Crippen molar-refractivity contribution in [1.82, 2.24) is 4.90 Å². The van der Waals surface area contributed by atoms with E-state index in [0.29, 0.717) is 18.0 Å². The van der Waals surface area contributed by atoms with Crippen LogP contribution in [0.3, 0.4) is 0 Å². The second-order valence-electron chi connectivity index (χ2n) is 5.41. The highest BCUT2D eigenvalue weighted by atomic mass is 32.1. The summed E-state index contributed by atoms with van der Waals surface area (Å²) in [6, 6.07) is 3.47. The second kappa shape index (κ2) is 6.69. The molecule has 3 heteroatoms. The van der Waals surface area contributed by atoms with Crippen LogP contribution in [0.4, 0.5) is 0 Å². The zero-order valence-electron chi connectivity index (χ0n) is 11.6. The Hall–Kier alpha value is -0.380. The lowest BCUT2D eigenvalue weighted by molar-refractivity contribution is 0.0771. The van der Waals surface area contributed by atoms with Crippen molar-refractivity contribution in [2.45, 2.75) is 51.6 Å². The summed E-state index contributed by atoms with van der Waals surface area (Å²) in [6.45, 7) is 6.59. The second-order valence-corrected chi connectivity index (χ2v) is 6.19. The van der Waals surface area contributed by atoms with Crippen molar-refractivity contribution in [2.24, 2.45) is 11.7 Å². The van der Waals surface area contributed by atoms with E-state index in [0.717, 1.165) is 13.1 Å². The molecule has 2 N–H and O–H groups in total. The van der Waals surface area contributed by atoms with E-state index in [2.05, 4.69) is 35.6 Å². The zero-order valence-corrected chi connectivity index (χ0v) is 12.5. The number of hydrogen-bond acceptors (Lipinski definition) is 3. The minimum Gasteiger partial charge on any atom is -0.330 e. The Balaban J connectivity index is 2.11. The first kappa shape index (κ1) is 14.0. The SMILES string of the molecule is CCN(C(C)c1ccsc1)C1CCCCC1CN. The number of thiophene rings is 1. The quantitative estimate of drug-likeness (QED) is 0.881. The van der Waals surface area contributed by atoms with E-state index in [4.69, 9.17) is 5.73 Å². The molecule has 0 spiro atoms. The van der Waals surface area contributed by atoms with E-state index in [9.17, 15) is 0 Å². The van der Waals surface area contributed by atoms with Gasteiger partial charge in [-0.3, -0.25) is 4.90 Å². The largest absolute Gasteiger partial charge is 0.330 e. The fourth-order valence-corrected chi connectivity index (χ4v) is 4.15. The highest BCUT2D eigenvalue weighted by molar-refractivity contribution is 7.07. The molecule has 102 valence electrons. The number of nitrogens with two attached hydrogens (primary N) is 1. The molecule has 1 aromatic heterocycles. The van der Waals surface area contributed by atoms with E-state index in [-0.39, 0.29) is 0 Å². The smallest absolute Gasteiger partial charge is 0.0331 e. The lowest BCUT2D eigenvalue weighted by Crippen LogP contribution is -2.46. The van der Waals surface area contributed by atoms with E-state index >= 15 is 0 Å². The van der Waals surface area contributed by atoms with Crippen molar-refractivity contribution >= 4 is 11.3 Å². The molecule has 1 saturated carbocycles. The Kier molecular flexibility index (Phi) is 5.22. The van der Waals surface area contributed by atoms with Crippen LogP contribution in [-0.4, -0.2) is 24.0 Å². The number of hydrogen-bond donors (Lipinski definition) is 1. The van der Waals surface area contributed by atoms with Crippen molar-refractivity contribution in [3.05, 3.63) is 22.4 Å². The standard InChI is InChI=1S/C15H26N2S/c1-3-17(12(2)14-8-9-18-11-14)15-7-5-4-6-13(15)10-16/h8-9,11-13,15H,3-7,10,16H2,1-2H3. The van der Waals surface area contributed by atoms with Crippen LogP contribution in [0.25, 0.3) is 0 Å². The molecule has 1 aromatic rings. The molecule has 1 aliphatic rings. The molecule has 1 heterocycles. The molecule has 0 aromatic carbocycles. The van der Waals surface area contributed by atoms with Gasteiger partial charge < -0.3 is 5.73 Å². The summed E-state index contributed by atoms with van der Waals surface area (Å²) in [4.78, 5) is 2.67. The summed E-state index contributed by atoms with van der Waals surface area (Å²) in [6.07, 6.45) is 5.37. The molecule has 18 heavy (non-hydrogen) atoms. The van der Waals surface area contributed by atoms with Gasteiger partial charge in [0.1, 0.15) is 0 Å². The zero-order chi connectivity index (χ0) is 13.0. The fourth-order valence-electron chi connectivity index (χ4n) is 3.40. The molecule has 2 rings (SSSR count). The highest BCUT2D eigenvalue weighted by Crippen LogP contribution is 2.33. The van der Waals surface area contributed by atoms with Crippen LogP contribution in [-0.2, 0) is 0 Å². The average molecular weight is 266 g/mol. The molecule has 0 radical (unpaired) electrons. The van der Waals surface area contributed by atoms with E-state index in [1.54, 1.807) is 11.3 Å². The maximum absolute atomic E-state index is 5.98. The van der Waals surface area contributed by atoms with Gasteiger partial charge in [-0.25, -0.2) is 0 Å². The molecule has 3 unspecified atom stereocenters. The Morgan fingerprint density at radius 2 is 2.22 bits per heavy atom. The third-order valence-corrected chi connectivity index (χ3v) is 5.19. The summed E-state index contributed by atoms with van der Waals surface area (Å²) >= 11 is 1.80. The molecule has 0 bridgehead atoms. The molecule has 1 fully saturated rings. The minimum atomic E-state index is 0.526. The van der Waals surface area contributed by atoms with Gasteiger partial charge in [-0.05, 0) is 61.2 Å². The molecule has 1 aliphatic carbocycles. The third kappa shape index (κ3) is 2.95. The molecular formula is C15H26N2S. The van der Waals surface area contributed by atoms with Gasteiger partial charge in [0, 0.05) is 12.1 Å². The highest BCUT2D eigenvalue weighted by Gasteiger charge is 2.31. The normalized spacial score (nSPS) is 26.4. The molecule has 0 saturated heterocycles. The maximum Gasteiger partial charge on any atom is 0.0331 e. The lowest BCUT2D eigenvalue weighted by Gasteiger charge is -2.42. The fraction of sp³-hybridized carbons (Fsp3) is 0.733. The first-order valence-electron chi connectivity index (χ1n) is 7.25. The van der Waals surface area contributed by atoms with Gasteiger partial charge in [-0.1, -0.05) is 19.8 Å². The van der Waals surface area contributed by atoms with Gasteiger partial charge >= 0.3 is 0 Å². The van der Waals surface area contributed by atoms with Crippen molar-refractivity contribution in [3.8, 4) is 0 Å². The van der Waals surface area contributed by atoms with Gasteiger partial charge in [0.2, 0.25) is 0 Å². The summed E-state index contributed by atoms with van der Waals surface area (Å²) < 4.78 is 0. The van der Waals surface area contributed by atoms with Gasteiger partial charge in [-0.2, -0.15) is 11.3 Å². The first-order valence-corrected chi connectivity index (χ1v) is 8.20. The number of nitrogens with zero attached hydrogens (tertiary/aromatic N) is 1. The Labute approximate surface area is 115 Å². The van der Waals surface area contributed by atoms with Crippen LogP contribution in [0.15, 0.2) is 16.8 Å². The van der Waals surface area contributed by atoms with Crippen LogP contribution >= 0.6 is 11.3 Å². The Morgan fingerprint density at radius 3 is 2.83 bits per heavy atom. The molecule has 3 atom stereocenters. The van der Waals surface area contributed by atoms with Crippen LogP contribution in [0.1, 0.15) is 51.1 Å². The Morgan fingerprint density at radius 1 is 1.44 bits per heavy atom. The minimum absolute atomic E-state index is 0.526. The van der Waals surface area contributed by atoms with Gasteiger partial charge in [-0.15, -0.1) is 0 Å². The monoisotopic (exact) mass is 266 g/mol. The summed E-state index contributed by atoms with van der Waals surface area (Å²) in [5.41, 5.74) is 7.44. The average Bonchev–Trinajstić information content (AvgIpc) is 2.94. The predicted molar refractivity (Wildman–Crippen MR) is 79.9 cm³/mol. The maximum atomic E-state index is 5.98. The van der Waals surface area contributed by atoms with Gasteiger partial charge in [0.15, 0.2) is 0 Å². The van der Waals surface area contributed by atoms with Crippen molar-refractivity contribution in [1.29, 1.82) is 0 Å². The third-order valence-electron chi connectivity index (χ3n) is 4.49. The summed E-state index contributed by atoms with van der Waals surface area (Å²) in [5, 5.41) is 4.47. The van der Waals surface area contributed by atoms with E-state index in [1.165, 1.54) is 31.2 Å². The first-order chi connectivity index (χ1) is 8.77. The number of rotatable bonds is 5. The molecule has 2 nitrogen and oxygen atoms in total. The topological polar surface area (TPSA) is 29.3 Å². The molecule has 0 aliphatic heterocycles. The van der Waals surface area contributed by atoms with Gasteiger partial charge in [0.25, 0.3) is 0 Å². The molecule has 0 amide bonds. The van der Waals surface area contributed by atoms with Crippen LogP contribution in [0, 0.1) is 5.92 Å². The van der Waals surface area contributed by atoms with E-state index < -0.39 is 0 Å². The van der Waals surface area contributed by atoms with Gasteiger partial charge in [0.05, 0.1) is 0 Å². The summed E-state index contributed by atoms with van der Waals surface area (Å²) in [7, 11) is 0. The van der Waals surface area contributed by atoms with E-state index in [1.807, 2.05) is 0 Å². The van der Waals surface area contributed by atoms with Crippen LogP contribution in [0.5, 0.6) is 0 Å². The Bertz CT molecular complexity index is 336. The lowest BCUT2D eigenvalue weighted by atomic mass is 9.82. The van der Waals surface area contributed by atoms with Crippen LogP contribution < -0.4 is 5.73 Å². The van der Waals surface area contributed by atoms with Crippen molar-refractivity contribution in [3.63, 3.8) is 0 Å². The molecular weight excluding hydrogens is 240 g/mol. The van der Waals surface area contributed by atoms with Crippen molar-refractivity contribution in [2.75, 3.05) is 13.1 Å². The van der Waals surface area contributed by atoms with Crippen molar-refractivity contribution < 1.29 is 0 Å².